The van der Waals surface area contributed by atoms with Crippen LogP contribution in [0, 0.1) is 0 Å². The maximum Gasteiger partial charge on any atom is 0.271 e. The summed E-state index contributed by atoms with van der Waals surface area (Å²) in [5.74, 6) is -0.476. The van der Waals surface area contributed by atoms with Crippen molar-refractivity contribution < 1.29 is 4.79 Å². The Kier molecular flexibility index (Phi) is 5.67. The molecule has 0 aliphatic heterocycles. The Balaban J connectivity index is 1.85. The van der Waals surface area contributed by atoms with Gasteiger partial charge in [0, 0.05) is 14.8 Å². The number of benzene rings is 2. The van der Waals surface area contributed by atoms with Crippen molar-refractivity contribution in [3.8, 4) is 0 Å². The molecule has 3 aromatic rings. The van der Waals surface area contributed by atoms with Crippen LogP contribution in [0.5, 0.6) is 0 Å². The zero-order valence-electron chi connectivity index (χ0n) is 13.2. The molecule has 0 aliphatic carbocycles. The second-order valence-electron chi connectivity index (χ2n) is 5.42. The van der Waals surface area contributed by atoms with Gasteiger partial charge < -0.3 is 16.0 Å². The van der Waals surface area contributed by atoms with Crippen LogP contribution >= 0.6 is 46.6 Å². The Hall–Kier alpha value is -1.86. The number of hydrogen-bond donors (Lipinski definition) is 2. The van der Waals surface area contributed by atoms with Crippen LogP contribution in [0.2, 0.25) is 15.1 Å². The van der Waals surface area contributed by atoms with Gasteiger partial charge in [0.2, 0.25) is 0 Å². The molecule has 0 aliphatic rings. The summed E-state index contributed by atoms with van der Waals surface area (Å²) in [5, 5.41) is 1.69. The van der Waals surface area contributed by atoms with Crippen molar-refractivity contribution in [3.05, 3.63) is 69.1 Å². The molecule has 0 spiro atoms. The predicted octanol–water partition coefficient (Wildman–Crippen LogP) is 4.72. The molecule has 0 saturated heterocycles. The van der Waals surface area contributed by atoms with E-state index in [4.69, 9.17) is 46.3 Å². The van der Waals surface area contributed by atoms with Crippen LogP contribution in [0.3, 0.4) is 0 Å². The average molecular weight is 428 g/mol. The third kappa shape index (κ3) is 4.10. The van der Waals surface area contributed by atoms with Gasteiger partial charge in [0.05, 0.1) is 22.9 Å². The SMILES string of the molecule is NC(=O)c1ncn(Cc2cc(Cl)c(Sc3ccc(Cl)cc3)c(Cl)c2)c1N. The first-order chi connectivity index (χ1) is 12.3. The van der Waals surface area contributed by atoms with Gasteiger partial charge in [-0.05, 0) is 42.0 Å². The summed E-state index contributed by atoms with van der Waals surface area (Å²) in [6.45, 7) is 0.359. The minimum Gasteiger partial charge on any atom is -0.383 e. The van der Waals surface area contributed by atoms with Crippen molar-refractivity contribution in [2.45, 2.75) is 16.3 Å². The number of anilines is 1. The summed E-state index contributed by atoms with van der Waals surface area (Å²) < 4.78 is 1.61. The topological polar surface area (TPSA) is 86.9 Å². The first-order valence-electron chi connectivity index (χ1n) is 7.37. The van der Waals surface area contributed by atoms with Gasteiger partial charge in [-0.1, -0.05) is 46.6 Å². The van der Waals surface area contributed by atoms with Crippen molar-refractivity contribution in [2.24, 2.45) is 5.73 Å². The molecule has 0 bridgehead atoms. The van der Waals surface area contributed by atoms with Gasteiger partial charge in [0.15, 0.2) is 5.69 Å². The quantitative estimate of drug-likeness (QED) is 0.616. The first-order valence-corrected chi connectivity index (χ1v) is 9.32. The number of halogens is 3. The zero-order chi connectivity index (χ0) is 18.8. The molecule has 134 valence electrons. The predicted molar refractivity (Wildman–Crippen MR) is 106 cm³/mol. The molecule has 9 heteroatoms. The Morgan fingerprint density at radius 3 is 2.27 bits per heavy atom. The number of primary amides is 1. The average Bonchev–Trinajstić information content (AvgIpc) is 2.94. The summed E-state index contributed by atoms with van der Waals surface area (Å²) in [5.41, 5.74) is 12.0. The fraction of sp³-hybridized carbons (Fsp3) is 0.0588. The lowest BCUT2D eigenvalue weighted by Crippen LogP contribution is -2.14. The van der Waals surface area contributed by atoms with E-state index in [-0.39, 0.29) is 11.5 Å². The highest BCUT2D eigenvalue weighted by molar-refractivity contribution is 7.99. The Bertz CT molecular complexity index is 950. The highest BCUT2D eigenvalue weighted by atomic mass is 35.5. The molecule has 1 aromatic heterocycles. The molecular weight excluding hydrogens is 415 g/mol. The van der Waals surface area contributed by atoms with Crippen LogP contribution in [0.15, 0.2) is 52.5 Å². The highest BCUT2D eigenvalue weighted by Crippen LogP contribution is 2.39. The van der Waals surface area contributed by atoms with E-state index in [0.29, 0.717) is 21.6 Å². The second kappa shape index (κ2) is 7.80. The lowest BCUT2D eigenvalue weighted by atomic mass is 10.2. The van der Waals surface area contributed by atoms with E-state index in [2.05, 4.69) is 4.98 Å². The van der Waals surface area contributed by atoms with Crippen molar-refractivity contribution in [1.29, 1.82) is 0 Å². The summed E-state index contributed by atoms with van der Waals surface area (Å²) in [7, 11) is 0. The van der Waals surface area contributed by atoms with Crippen LogP contribution in [-0.2, 0) is 6.54 Å². The smallest absolute Gasteiger partial charge is 0.271 e. The number of imidazole rings is 1. The van der Waals surface area contributed by atoms with Crippen molar-refractivity contribution >= 4 is 58.3 Å². The number of nitrogens with zero attached hydrogens (tertiary/aromatic N) is 2. The van der Waals surface area contributed by atoms with Gasteiger partial charge in [-0.25, -0.2) is 4.98 Å². The molecule has 1 heterocycles. The Morgan fingerprint density at radius 2 is 1.73 bits per heavy atom. The molecule has 2 aromatic carbocycles. The molecular formula is C17H13Cl3N4OS. The van der Waals surface area contributed by atoms with Gasteiger partial charge in [-0.3, -0.25) is 4.79 Å². The Morgan fingerprint density at radius 1 is 1.12 bits per heavy atom. The van der Waals surface area contributed by atoms with Crippen LogP contribution in [-0.4, -0.2) is 15.5 Å². The molecule has 0 fully saturated rings. The molecule has 4 N–H and O–H groups in total. The molecule has 3 rings (SSSR count). The molecule has 0 unspecified atom stereocenters. The number of hydrogen-bond acceptors (Lipinski definition) is 4. The van der Waals surface area contributed by atoms with E-state index >= 15 is 0 Å². The summed E-state index contributed by atoms with van der Waals surface area (Å²) in [4.78, 5) is 16.9. The number of nitrogen functional groups attached to an aromatic ring is 1. The number of amides is 1. The van der Waals surface area contributed by atoms with Crippen LogP contribution in [0.4, 0.5) is 5.82 Å². The summed E-state index contributed by atoms with van der Waals surface area (Å²) >= 11 is 20.2. The standard InChI is InChI=1S/C17H13Cl3N4OS/c18-10-1-3-11(4-2-10)26-15-12(19)5-9(6-13(15)20)7-24-8-23-14(16(24)21)17(22)25/h1-6,8H,7,21H2,(H2,22,25). The number of nitrogens with two attached hydrogens (primary N) is 2. The first kappa shape index (κ1) is 18.9. The number of aromatic nitrogens is 2. The molecule has 0 atom stereocenters. The molecule has 0 radical (unpaired) electrons. The lowest BCUT2D eigenvalue weighted by Gasteiger charge is -2.11. The van der Waals surface area contributed by atoms with Gasteiger partial charge in [-0.2, -0.15) is 0 Å². The molecule has 1 amide bonds. The summed E-state index contributed by atoms with van der Waals surface area (Å²) in [6.07, 6.45) is 1.45. The minimum absolute atomic E-state index is 0.0390. The van der Waals surface area contributed by atoms with E-state index in [1.54, 1.807) is 28.8 Å². The third-order valence-corrected chi connectivity index (χ3v) is 5.78. The van der Waals surface area contributed by atoms with E-state index in [1.165, 1.54) is 18.1 Å². The van der Waals surface area contributed by atoms with Gasteiger partial charge >= 0.3 is 0 Å². The molecule has 0 saturated carbocycles. The van der Waals surface area contributed by atoms with Crippen molar-refractivity contribution in [3.63, 3.8) is 0 Å². The molecule has 5 nitrogen and oxygen atoms in total. The fourth-order valence-corrected chi connectivity index (χ4v) is 4.04. The zero-order valence-corrected chi connectivity index (χ0v) is 16.3. The fourth-order valence-electron chi connectivity index (χ4n) is 2.33. The van der Waals surface area contributed by atoms with Gasteiger partial charge in [-0.15, -0.1) is 0 Å². The van der Waals surface area contributed by atoms with Crippen LogP contribution in [0.1, 0.15) is 16.1 Å². The normalized spacial score (nSPS) is 10.9. The minimum atomic E-state index is -0.674. The van der Waals surface area contributed by atoms with E-state index in [0.717, 1.165) is 15.4 Å². The Labute approximate surface area is 169 Å². The monoisotopic (exact) mass is 426 g/mol. The van der Waals surface area contributed by atoms with Gasteiger partial charge in [0.25, 0.3) is 5.91 Å². The van der Waals surface area contributed by atoms with E-state index in [9.17, 15) is 4.79 Å². The van der Waals surface area contributed by atoms with Crippen molar-refractivity contribution in [2.75, 3.05) is 5.73 Å². The van der Waals surface area contributed by atoms with Crippen molar-refractivity contribution in [1.82, 2.24) is 9.55 Å². The van der Waals surface area contributed by atoms with E-state index < -0.39 is 5.91 Å². The lowest BCUT2D eigenvalue weighted by molar-refractivity contribution is 0.0997. The highest BCUT2D eigenvalue weighted by Gasteiger charge is 2.15. The van der Waals surface area contributed by atoms with Crippen LogP contribution < -0.4 is 11.5 Å². The third-order valence-electron chi connectivity index (χ3n) is 3.56. The maximum atomic E-state index is 11.2. The number of carbonyl (C=O) groups is 1. The van der Waals surface area contributed by atoms with E-state index in [1.807, 2.05) is 12.1 Å². The second-order valence-corrected chi connectivity index (χ2v) is 7.75. The van der Waals surface area contributed by atoms with Gasteiger partial charge in [0.1, 0.15) is 5.82 Å². The van der Waals surface area contributed by atoms with Crippen LogP contribution in [0.25, 0.3) is 0 Å². The maximum absolute atomic E-state index is 11.2. The molecule has 26 heavy (non-hydrogen) atoms. The number of rotatable bonds is 5. The largest absolute Gasteiger partial charge is 0.383 e. The summed E-state index contributed by atoms with van der Waals surface area (Å²) in [6, 6.07) is 11.0. The number of carbonyl (C=O) groups excluding carboxylic acids is 1.